The number of rotatable bonds is 5. The van der Waals surface area contributed by atoms with Crippen molar-refractivity contribution >= 4 is 17.0 Å². The van der Waals surface area contributed by atoms with E-state index < -0.39 is 5.97 Å². The predicted octanol–water partition coefficient (Wildman–Crippen LogP) is 2.22. The first-order chi connectivity index (χ1) is 9.15. The van der Waals surface area contributed by atoms with Crippen molar-refractivity contribution in [3.8, 4) is 0 Å². The standard InChI is InChI=1S/C14H16N2O3/c17-13(18)10-5-6-11-12(8-10)16(14(19)15-11)7-1-2-9-3-4-9/h5-6,8-9H,1-4,7H2,(H,15,19)(H,17,18). The molecule has 0 amide bonds. The van der Waals surface area contributed by atoms with Crippen LogP contribution >= 0.6 is 0 Å². The molecule has 0 bridgehead atoms. The van der Waals surface area contributed by atoms with E-state index in [1.807, 2.05) is 0 Å². The maximum Gasteiger partial charge on any atom is 0.335 e. The lowest BCUT2D eigenvalue weighted by Gasteiger charge is -2.03. The summed E-state index contributed by atoms with van der Waals surface area (Å²) in [5.41, 5.74) is 1.43. The Kier molecular flexibility index (Phi) is 2.89. The zero-order valence-electron chi connectivity index (χ0n) is 10.6. The maximum atomic E-state index is 11.9. The normalized spacial score (nSPS) is 14.9. The minimum atomic E-state index is -0.972. The zero-order valence-corrected chi connectivity index (χ0v) is 10.6. The van der Waals surface area contributed by atoms with Gasteiger partial charge in [0, 0.05) is 6.54 Å². The van der Waals surface area contributed by atoms with Gasteiger partial charge in [0.2, 0.25) is 0 Å². The molecule has 1 heterocycles. The summed E-state index contributed by atoms with van der Waals surface area (Å²) >= 11 is 0. The minimum Gasteiger partial charge on any atom is -0.478 e. The first kappa shape index (κ1) is 12.0. The Morgan fingerprint density at radius 1 is 1.42 bits per heavy atom. The number of H-pyrrole nitrogens is 1. The first-order valence-electron chi connectivity index (χ1n) is 6.61. The van der Waals surface area contributed by atoms with Gasteiger partial charge < -0.3 is 10.1 Å². The number of carboxylic acids is 1. The van der Waals surface area contributed by atoms with Crippen LogP contribution in [-0.4, -0.2) is 20.6 Å². The van der Waals surface area contributed by atoms with Crippen molar-refractivity contribution in [2.45, 2.75) is 32.2 Å². The number of hydrogen-bond donors (Lipinski definition) is 2. The van der Waals surface area contributed by atoms with E-state index in [1.165, 1.54) is 18.9 Å². The van der Waals surface area contributed by atoms with Gasteiger partial charge in [-0.3, -0.25) is 4.57 Å². The second-order valence-electron chi connectivity index (χ2n) is 5.20. The number of carbonyl (C=O) groups is 1. The average Bonchev–Trinajstić information content (AvgIpc) is 3.14. The molecule has 1 fully saturated rings. The summed E-state index contributed by atoms with van der Waals surface area (Å²) in [4.78, 5) is 25.6. The third-order valence-electron chi connectivity index (χ3n) is 3.71. The SMILES string of the molecule is O=C(O)c1ccc2[nH]c(=O)n(CCCC3CC3)c2c1. The first-order valence-corrected chi connectivity index (χ1v) is 6.61. The third kappa shape index (κ3) is 2.41. The maximum absolute atomic E-state index is 11.9. The van der Waals surface area contributed by atoms with E-state index in [-0.39, 0.29) is 11.3 Å². The van der Waals surface area contributed by atoms with E-state index in [0.717, 1.165) is 18.8 Å². The summed E-state index contributed by atoms with van der Waals surface area (Å²) in [6.07, 6.45) is 4.74. The molecule has 1 saturated carbocycles. The fourth-order valence-corrected chi connectivity index (χ4v) is 2.45. The zero-order chi connectivity index (χ0) is 13.4. The van der Waals surface area contributed by atoms with E-state index in [4.69, 9.17) is 5.11 Å². The monoisotopic (exact) mass is 260 g/mol. The van der Waals surface area contributed by atoms with Crippen LogP contribution in [0.1, 0.15) is 36.0 Å². The molecule has 1 aliphatic carbocycles. The number of aromatic nitrogens is 2. The molecule has 0 radical (unpaired) electrons. The molecule has 5 heteroatoms. The molecule has 3 rings (SSSR count). The molecule has 0 unspecified atom stereocenters. The van der Waals surface area contributed by atoms with Crippen LogP contribution < -0.4 is 5.69 Å². The van der Waals surface area contributed by atoms with Crippen molar-refractivity contribution in [3.63, 3.8) is 0 Å². The van der Waals surface area contributed by atoms with Crippen LogP contribution in [0.5, 0.6) is 0 Å². The van der Waals surface area contributed by atoms with Crippen LogP contribution in [0.25, 0.3) is 11.0 Å². The molecule has 0 atom stereocenters. The fraction of sp³-hybridized carbons (Fsp3) is 0.429. The van der Waals surface area contributed by atoms with Gasteiger partial charge >= 0.3 is 11.7 Å². The summed E-state index contributed by atoms with van der Waals surface area (Å²) in [6.45, 7) is 0.651. The van der Waals surface area contributed by atoms with Gasteiger partial charge in [0.1, 0.15) is 0 Å². The Labute approximate surface area is 109 Å². The van der Waals surface area contributed by atoms with Gasteiger partial charge in [0.15, 0.2) is 0 Å². The van der Waals surface area contributed by atoms with Crippen molar-refractivity contribution in [3.05, 3.63) is 34.2 Å². The van der Waals surface area contributed by atoms with Crippen LogP contribution in [0.4, 0.5) is 0 Å². The molecule has 0 spiro atoms. The van der Waals surface area contributed by atoms with E-state index >= 15 is 0 Å². The van der Waals surface area contributed by atoms with Gasteiger partial charge in [-0.25, -0.2) is 9.59 Å². The van der Waals surface area contributed by atoms with E-state index in [9.17, 15) is 9.59 Å². The Bertz CT molecular complexity index is 680. The van der Waals surface area contributed by atoms with Crippen molar-refractivity contribution in [1.82, 2.24) is 9.55 Å². The Morgan fingerprint density at radius 2 is 2.21 bits per heavy atom. The van der Waals surface area contributed by atoms with Crippen molar-refractivity contribution in [2.75, 3.05) is 0 Å². The molecule has 100 valence electrons. The highest BCUT2D eigenvalue weighted by Crippen LogP contribution is 2.33. The summed E-state index contributed by atoms with van der Waals surface area (Å²) in [6, 6.07) is 4.72. The van der Waals surface area contributed by atoms with Crippen LogP contribution in [0, 0.1) is 5.92 Å². The van der Waals surface area contributed by atoms with Gasteiger partial charge in [-0.2, -0.15) is 0 Å². The molecule has 0 saturated heterocycles. The molecule has 2 aromatic rings. The van der Waals surface area contributed by atoms with E-state index in [1.54, 1.807) is 16.7 Å². The molecule has 1 aliphatic rings. The Morgan fingerprint density at radius 3 is 2.89 bits per heavy atom. The molecule has 1 aromatic heterocycles. The quantitative estimate of drug-likeness (QED) is 0.865. The number of nitrogens with one attached hydrogen (secondary N) is 1. The molecule has 0 aliphatic heterocycles. The van der Waals surface area contributed by atoms with Gasteiger partial charge in [0.05, 0.1) is 16.6 Å². The highest BCUT2D eigenvalue weighted by Gasteiger charge is 2.20. The summed E-state index contributed by atoms with van der Waals surface area (Å²) in [5.74, 6) is -0.129. The van der Waals surface area contributed by atoms with Gasteiger partial charge in [0.25, 0.3) is 0 Å². The summed E-state index contributed by atoms with van der Waals surface area (Å²) in [5, 5.41) is 9.00. The van der Waals surface area contributed by atoms with Gasteiger partial charge in [-0.1, -0.05) is 12.8 Å². The number of benzene rings is 1. The minimum absolute atomic E-state index is 0.159. The Balaban J connectivity index is 1.91. The number of aromatic amines is 1. The second-order valence-corrected chi connectivity index (χ2v) is 5.20. The van der Waals surface area contributed by atoms with Crippen LogP contribution in [0.3, 0.4) is 0 Å². The lowest BCUT2D eigenvalue weighted by molar-refractivity contribution is 0.0697. The number of fused-ring (bicyclic) bond motifs is 1. The number of aryl methyl sites for hydroxylation is 1. The average molecular weight is 260 g/mol. The molecular weight excluding hydrogens is 244 g/mol. The lowest BCUT2D eigenvalue weighted by atomic mass is 10.2. The molecular formula is C14H16N2O3. The third-order valence-corrected chi connectivity index (χ3v) is 3.71. The highest BCUT2D eigenvalue weighted by molar-refractivity contribution is 5.92. The number of carboxylic acid groups (broad SMARTS) is 1. The van der Waals surface area contributed by atoms with E-state index in [0.29, 0.717) is 17.6 Å². The summed E-state index contributed by atoms with van der Waals surface area (Å²) in [7, 11) is 0. The second kappa shape index (κ2) is 4.57. The topological polar surface area (TPSA) is 75.1 Å². The fourth-order valence-electron chi connectivity index (χ4n) is 2.45. The number of imidazole rings is 1. The van der Waals surface area contributed by atoms with Crippen LogP contribution in [-0.2, 0) is 6.54 Å². The van der Waals surface area contributed by atoms with E-state index in [2.05, 4.69) is 4.98 Å². The molecule has 1 aromatic carbocycles. The molecule has 5 nitrogen and oxygen atoms in total. The highest BCUT2D eigenvalue weighted by atomic mass is 16.4. The Hall–Kier alpha value is -2.04. The predicted molar refractivity (Wildman–Crippen MR) is 71.5 cm³/mol. The largest absolute Gasteiger partial charge is 0.478 e. The van der Waals surface area contributed by atoms with Crippen LogP contribution in [0.2, 0.25) is 0 Å². The van der Waals surface area contributed by atoms with Crippen molar-refractivity contribution in [2.24, 2.45) is 5.92 Å². The van der Waals surface area contributed by atoms with Crippen molar-refractivity contribution in [1.29, 1.82) is 0 Å². The van der Waals surface area contributed by atoms with Gasteiger partial charge in [-0.15, -0.1) is 0 Å². The number of hydrogen-bond acceptors (Lipinski definition) is 2. The molecule has 2 N–H and O–H groups in total. The lowest BCUT2D eigenvalue weighted by Crippen LogP contribution is -2.16. The number of aromatic carboxylic acids is 1. The smallest absolute Gasteiger partial charge is 0.335 e. The molecule has 19 heavy (non-hydrogen) atoms. The van der Waals surface area contributed by atoms with Crippen molar-refractivity contribution < 1.29 is 9.90 Å². The number of nitrogens with zero attached hydrogens (tertiary/aromatic N) is 1. The van der Waals surface area contributed by atoms with Gasteiger partial charge in [-0.05, 0) is 37.0 Å². The summed E-state index contributed by atoms with van der Waals surface area (Å²) < 4.78 is 1.64. The van der Waals surface area contributed by atoms with Crippen LogP contribution in [0.15, 0.2) is 23.0 Å².